The predicted molar refractivity (Wildman–Crippen MR) is 72.7 cm³/mol. The lowest BCUT2D eigenvalue weighted by Gasteiger charge is -2.40. The second kappa shape index (κ2) is 5.22. The Morgan fingerprint density at radius 1 is 1.20 bits per heavy atom. The summed E-state index contributed by atoms with van der Waals surface area (Å²) in [5, 5.41) is 18.5. The van der Waals surface area contributed by atoms with Crippen molar-refractivity contribution in [3.05, 3.63) is 34.9 Å². The molecular weight excluding hydrogens is 260 g/mol. The molecular formula is C14H18N2O4. The fourth-order valence-corrected chi connectivity index (χ4v) is 2.91. The van der Waals surface area contributed by atoms with Crippen molar-refractivity contribution in [2.45, 2.75) is 37.3 Å². The van der Waals surface area contributed by atoms with Crippen molar-refractivity contribution in [2.75, 3.05) is 0 Å². The fourth-order valence-electron chi connectivity index (χ4n) is 2.91. The number of benzene rings is 1. The molecule has 0 aliphatic heterocycles. The fraction of sp³-hybridized carbons (Fsp3) is 0.429. The molecule has 0 heterocycles. The Balaban J connectivity index is 2.64. The second-order valence-corrected chi connectivity index (χ2v) is 5.23. The van der Waals surface area contributed by atoms with Crippen LogP contribution in [0.1, 0.15) is 52.0 Å². The van der Waals surface area contributed by atoms with Gasteiger partial charge in [-0.2, -0.15) is 0 Å². The van der Waals surface area contributed by atoms with Crippen LogP contribution in [0.25, 0.3) is 0 Å². The third-order valence-electron chi connectivity index (χ3n) is 4.03. The van der Waals surface area contributed by atoms with Gasteiger partial charge in [-0.15, -0.1) is 0 Å². The molecule has 2 unspecified atom stereocenters. The summed E-state index contributed by atoms with van der Waals surface area (Å²) in [7, 11) is 0. The van der Waals surface area contributed by atoms with E-state index < -0.39 is 17.5 Å². The molecule has 2 rings (SSSR count). The molecule has 2 atom stereocenters. The lowest BCUT2D eigenvalue weighted by atomic mass is 9.72. The van der Waals surface area contributed by atoms with E-state index in [2.05, 4.69) is 0 Å². The number of nitrogens with two attached hydrogens (primary N) is 2. The quantitative estimate of drug-likeness (QED) is 0.656. The summed E-state index contributed by atoms with van der Waals surface area (Å²) in [4.78, 5) is 22.7. The molecule has 1 saturated carbocycles. The Hall–Kier alpha value is -1.92. The monoisotopic (exact) mass is 278 g/mol. The average molecular weight is 278 g/mol. The first-order valence-electron chi connectivity index (χ1n) is 6.52. The Bertz CT molecular complexity index is 558. The SMILES string of the molecule is NC1CCCCC1(N)c1cccc(C(=O)O)c1C(=O)O. The first-order chi connectivity index (χ1) is 9.38. The molecule has 20 heavy (non-hydrogen) atoms. The van der Waals surface area contributed by atoms with E-state index in [-0.39, 0.29) is 17.2 Å². The third kappa shape index (κ3) is 2.28. The molecule has 0 saturated heterocycles. The van der Waals surface area contributed by atoms with Gasteiger partial charge in [0.05, 0.1) is 16.7 Å². The largest absolute Gasteiger partial charge is 0.478 e. The highest BCUT2D eigenvalue weighted by molar-refractivity contribution is 6.03. The van der Waals surface area contributed by atoms with Crippen LogP contribution >= 0.6 is 0 Å². The topological polar surface area (TPSA) is 127 Å². The van der Waals surface area contributed by atoms with Gasteiger partial charge in [-0.25, -0.2) is 9.59 Å². The van der Waals surface area contributed by atoms with Crippen LogP contribution in [0.4, 0.5) is 0 Å². The van der Waals surface area contributed by atoms with Crippen molar-refractivity contribution in [3.63, 3.8) is 0 Å². The molecule has 108 valence electrons. The summed E-state index contributed by atoms with van der Waals surface area (Å²) < 4.78 is 0. The summed E-state index contributed by atoms with van der Waals surface area (Å²) in [6, 6.07) is 3.98. The van der Waals surface area contributed by atoms with Crippen LogP contribution in [0.2, 0.25) is 0 Å². The molecule has 6 nitrogen and oxygen atoms in total. The first-order valence-corrected chi connectivity index (χ1v) is 6.52. The summed E-state index contributed by atoms with van der Waals surface area (Å²) in [6.45, 7) is 0. The van der Waals surface area contributed by atoms with Gasteiger partial charge < -0.3 is 21.7 Å². The summed E-state index contributed by atoms with van der Waals surface area (Å²) in [5.41, 5.74) is 11.3. The van der Waals surface area contributed by atoms with E-state index in [9.17, 15) is 14.7 Å². The average Bonchev–Trinajstić information content (AvgIpc) is 2.41. The Labute approximate surface area is 116 Å². The van der Waals surface area contributed by atoms with Gasteiger partial charge in [-0.05, 0) is 24.5 Å². The number of carboxylic acids is 2. The zero-order chi connectivity index (χ0) is 14.9. The van der Waals surface area contributed by atoms with Gasteiger partial charge in [0.2, 0.25) is 0 Å². The van der Waals surface area contributed by atoms with Crippen LogP contribution in [0.15, 0.2) is 18.2 Å². The number of carboxylic acid groups (broad SMARTS) is 2. The standard InChI is InChI=1S/C14H18N2O4/c15-10-6-1-2-7-14(10,16)9-5-3-4-8(12(17)18)11(9)13(19)20/h3-5,10H,1-2,6-7,15-16H2,(H,17,18)(H,19,20). The van der Waals surface area contributed by atoms with Crippen LogP contribution < -0.4 is 11.5 Å². The van der Waals surface area contributed by atoms with Crippen LogP contribution in [0.3, 0.4) is 0 Å². The lowest BCUT2D eigenvalue weighted by Crippen LogP contribution is -2.55. The molecule has 0 spiro atoms. The van der Waals surface area contributed by atoms with Crippen LogP contribution in [0, 0.1) is 0 Å². The predicted octanol–water partition coefficient (Wildman–Crippen LogP) is 1.14. The van der Waals surface area contributed by atoms with E-state index in [0.717, 1.165) is 12.8 Å². The van der Waals surface area contributed by atoms with E-state index in [1.54, 1.807) is 6.07 Å². The lowest BCUT2D eigenvalue weighted by molar-refractivity contribution is 0.0647. The van der Waals surface area contributed by atoms with E-state index in [4.69, 9.17) is 16.6 Å². The van der Waals surface area contributed by atoms with Crippen molar-refractivity contribution in [1.29, 1.82) is 0 Å². The molecule has 0 bridgehead atoms. The number of rotatable bonds is 3. The Morgan fingerprint density at radius 2 is 1.90 bits per heavy atom. The van der Waals surface area contributed by atoms with Gasteiger partial charge in [0, 0.05) is 6.04 Å². The van der Waals surface area contributed by atoms with Gasteiger partial charge in [0.1, 0.15) is 0 Å². The molecule has 0 aromatic heterocycles. The van der Waals surface area contributed by atoms with Gasteiger partial charge in [-0.3, -0.25) is 0 Å². The molecule has 1 aromatic carbocycles. The first kappa shape index (κ1) is 14.5. The van der Waals surface area contributed by atoms with Crippen molar-refractivity contribution < 1.29 is 19.8 Å². The molecule has 6 heteroatoms. The number of hydrogen-bond acceptors (Lipinski definition) is 4. The van der Waals surface area contributed by atoms with E-state index in [1.807, 2.05) is 0 Å². The van der Waals surface area contributed by atoms with Gasteiger partial charge in [0.25, 0.3) is 0 Å². The van der Waals surface area contributed by atoms with E-state index in [0.29, 0.717) is 18.4 Å². The van der Waals surface area contributed by atoms with Gasteiger partial charge >= 0.3 is 11.9 Å². The molecule has 1 aliphatic rings. The molecule has 0 amide bonds. The van der Waals surface area contributed by atoms with Crippen molar-refractivity contribution >= 4 is 11.9 Å². The maximum Gasteiger partial charge on any atom is 0.336 e. The zero-order valence-electron chi connectivity index (χ0n) is 11.0. The number of hydrogen-bond donors (Lipinski definition) is 4. The minimum absolute atomic E-state index is 0.250. The van der Waals surface area contributed by atoms with Crippen LogP contribution in [-0.2, 0) is 5.54 Å². The number of carbonyl (C=O) groups is 2. The highest BCUT2D eigenvalue weighted by atomic mass is 16.4. The molecule has 6 N–H and O–H groups in total. The molecule has 0 radical (unpaired) electrons. The Kier molecular flexibility index (Phi) is 3.78. The highest BCUT2D eigenvalue weighted by Gasteiger charge is 2.40. The normalized spacial score (nSPS) is 26.2. The van der Waals surface area contributed by atoms with Crippen molar-refractivity contribution in [3.8, 4) is 0 Å². The minimum Gasteiger partial charge on any atom is -0.478 e. The Morgan fingerprint density at radius 3 is 2.45 bits per heavy atom. The summed E-state index contributed by atoms with van der Waals surface area (Å²) in [6.07, 6.45) is 3.05. The maximum absolute atomic E-state index is 11.5. The molecule has 1 aliphatic carbocycles. The summed E-state index contributed by atoms with van der Waals surface area (Å²) in [5.74, 6) is -2.57. The second-order valence-electron chi connectivity index (χ2n) is 5.23. The zero-order valence-corrected chi connectivity index (χ0v) is 11.0. The maximum atomic E-state index is 11.5. The smallest absolute Gasteiger partial charge is 0.336 e. The van der Waals surface area contributed by atoms with Crippen molar-refractivity contribution in [2.24, 2.45) is 11.5 Å². The molecule has 1 fully saturated rings. The third-order valence-corrected chi connectivity index (χ3v) is 4.03. The molecule has 1 aromatic rings. The summed E-state index contributed by atoms with van der Waals surface area (Å²) >= 11 is 0. The number of aromatic carboxylic acids is 2. The van der Waals surface area contributed by atoms with E-state index in [1.165, 1.54) is 12.1 Å². The van der Waals surface area contributed by atoms with Crippen molar-refractivity contribution in [1.82, 2.24) is 0 Å². The van der Waals surface area contributed by atoms with Crippen LogP contribution in [0.5, 0.6) is 0 Å². The highest BCUT2D eigenvalue weighted by Crippen LogP contribution is 2.36. The van der Waals surface area contributed by atoms with E-state index >= 15 is 0 Å². The van der Waals surface area contributed by atoms with Crippen LogP contribution in [-0.4, -0.2) is 28.2 Å². The van der Waals surface area contributed by atoms with Gasteiger partial charge in [0.15, 0.2) is 0 Å². The van der Waals surface area contributed by atoms with Gasteiger partial charge in [-0.1, -0.05) is 25.0 Å². The minimum atomic E-state index is -1.29.